The van der Waals surface area contributed by atoms with Crippen LogP contribution in [0.1, 0.15) is 0 Å². The van der Waals surface area contributed by atoms with Crippen molar-refractivity contribution in [3.05, 3.63) is 66.7 Å². The molecule has 10 heteroatoms. The lowest BCUT2D eigenvalue weighted by molar-refractivity contribution is -0.274. The highest BCUT2D eigenvalue weighted by Gasteiger charge is 2.31. The fourth-order valence-corrected chi connectivity index (χ4v) is 3.95. The van der Waals surface area contributed by atoms with E-state index in [1.807, 2.05) is 30.3 Å². The van der Waals surface area contributed by atoms with Gasteiger partial charge >= 0.3 is 6.36 Å². The smallest absolute Gasteiger partial charge is 0.406 e. The van der Waals surface area contributed by atoms with Gasteiger partial charge in [0.25, 0.3) is 0 Å². The van der Waals surface area contributed by atoms with Gasteiger partial charge in [0.1, 0.15) is 5.75 Å². The Morgan fingerprint density at radius 3 is 2.26 bits per heavy atom. The zero-order valence-electron chi connectivity index (χ0n) is 18.5. The van der Waals surface area contributed by atoms with Crippen LogP contribution in [0.4, 0.5) is 30.5 Å². The highest BCUT2D eigenvalue weighted by atomic mass is 19.4. The fourth-order valence-electron chi connectivity index (χ4n) is 3.95. The summed E-state index contributed by atoms with van der Waals surface area (Å²) in [6, 6.07) is 19.3. The van der Waals surface area contributed by atoms with Gasteiger partial charge in [-0.1, -0.05) is 6.07 Å². The van der Waals surface area contributed by atoms with Gasteiger partial charge < -0.3 is 19.9 Å². The molecule has 0 unspecified atom stereocenters. The molecule has 7 nitrogen and oxygen atoms in total. The Labute approximate surface area is 194 Å². The van der Waals surface area contributed by atoms with Crippen LogP contribution in [-0.2, 0) is 0 Å². The molecule has 0 amide bonds. The maximum atomic E-state index is 12.4. The predicted molar refractivity (Wildman–Crippen MR) is 125 cm³/mol. The number of piperazine rings is 1. The Hall–Kier alpha value is -3.79. The molecule has 0 spiro atoms. The number of hydrogen-bond donors (Lipinski definition) is 1. The van der Waals surface area contributed by atoms with Crippen molar-refractivity contribution in [2.75, 3.05) is 43.4 Å². The number of rotatable bonds is 5. The van der Waals surface area contributed by atoms with E-state index in [0.717, 1.165) is 31.9 Å². The quantitative estimate of drug-likeness (QED) is 0.455. The molecule has 2 aromatic carbocycles. The molecule has 1 saturated heterocycles. The van der Waals surface area contributed by atoms with Crippen molar-refractivity contribution >= 4 is 23.0 Å². The molecule has 1 aliphatic heterocycles. The van der Waals surface area contributed by atoms with E-state index in [-0.39, 0.29) is 5.75 Å². The Morgan fingerprint density at radius 2 is 1.59 bits per heavy atom. The monoisotopic (exact) mass is 468 g/mol. The third kappa shape index (κ3) is 4.91. The molecule has 34 heavy (non-hydrogen) atoms. The summed E-state index contributed by atoms with van der Waals surface area (Å²) >= 11 is 0. The summed E-state index contributed by atoms with van der Waals surface area (Å²) < 4.78 is 42.9. The van der Waals surface area contributed by atoms with Gasteiger partial charge in [0.05, 0.1) is 5.69 Å². The summed E-state index contributed by atoms with van der Waals surface area (Å²) in [5, 5.41) is 7.78. The highest BCUT2D eigenvalue weighted by molar-refractivity contribution is 5.66. The first-order chi connectivity index (χ1) is 16.3. The number of pyridine rings is 1. The largest absolute Gasteiger partial charge is 0.573 e. The second kappa shape index (κ2) is 8.86. The Bertz CT molecular complexity index is 1260. The SMILES string of the molecule is CN1CCN(c2ccc(Nc3nc4cccc(-c5ccc(OC(F)(F)F)cc5)n4n3)cc2)CC1. The standard InChI is InChI=1S/C24H23F3N6O/c1-31-13-15-32(16-14-31)19-9-7-18(8-10-19)28-23-29-22-4-2-3-21(33(22)30-23)17-5-11-20(12-6-17)34-24(25,26)27/h2-12H,13-16H2,1H3,(H,28,30). The van der Waals surface area contributed by atoms with Gasteiger partial charge in [-0.15, -0.1) is 18.3 Å². The van der Waals surface area contributed by atoms with Crippen molar-refractivity contribution < 1.29 is 17.9 Å². The number of aromatic nitrogens is 3. The van der Waals surface area contributed by atoms with Gasteiger partial charge in [0.2, 0.25) is 5.95 Å². The summed E-state index contributed by atoms with van der Waals surface area (Å²) in [6.45, 7) is 4.10. The number of likely N-dealkylation sites (N-methyl/N-ethyl adjacent to an activating group) is 1. The van der Waals surface area contributed by atoms with Crippen LogP contribution in [0.3, 0.4) is 0 Å². The minimum absolute atomic E-state index is 0.274. The van der Waals surface area contributed by atoms with Crippen LogP contribution < -0.4 is 15.0 Å². The van der Waals surface area contributed by atoms with E-state index in [4.69, 9.17) is 0 Å². The Balaban J connectivity index is 1.33. The van der Waals surface area contributed by atoms with E-state index in [0.29, 0.717) is 22.9 Å². The van der Waals surface area contributed by atoms with Crippen LogP contribution >= 0.6 is 0 Å². The van der Waals surface area contributed by atoms with E-state index in [1.54, 1.807) is 16.6 Å². The number of hydrogen-bond acceptors (Lipinski definition) is 6. The summed E-state index contributed by atoms with van der Waals surface area (Å²) in [5.41, 5.74) is 4.05. The first-order valence-corrected chi connectivity index (χ1v) is 10.9. The topological polar surface area (TPSA) is 57.9 Å². The molecular formula is C24H23F3N6O. The molecule has 0 bridgehead atoms. The van der Waals surface area contributed by atoms with Crippen LogP contribution in [0.5, 0.6) is 5.75 Å². The molecule has 4 aromatic rings. The normalized spacial score (nSPS) is 15.0. The lowest BCUT2D eigenvalue weighted by Crippen LogP contribution is -2.44. The number of nitrogens with zero attached hydrogens (tertiary/aromatic N) is 5. The van der Waals surface area contributed by atoms with E-state index in [1.165, 1.54) is 17.8 Å². The number of ether oxygens (including phenoxy) is 1. The summed E-state index contributed by atoms with van der Waals surface area (Å²) in [7, 11) is 2.13. The van der Waals surface area contributed by atoms with Gasteiger partial charge in [-0.05, 0) is 67.7 Å². The maximum Gasteiger partial charge on any atom is 0.573 e. The zero-order chi connectivity index (χ0) is 23.7. The fraction of sp³-hybridized carbons (Fsp3) is 0.250. The van der Waals surface area contributed by atoms with Gasteiger partial charge in [-0.25, -0.2) is 4.52 Å². The van der Waals surface area contributed by atoms with Crippen molar-refractivity contribution in [2.24, 2.45) is 0 Å². The average molecular weight is 468 g/mol. The van der Waals surface area contributed by atoms with Gasteiger partial charge in [0.15, 0.2) is 5.65 Å². The molecule has 1 aliphatic rings. The number of anilines is 3. The summed E-state index contributed by atoms with van der Waals surface area (Å²) in [5.74, 6) is 0.154. The van der Waals surface area contributed by atoms with E-state index in [9.17, 15) is 13.2 Å². The molecule has 5 rings (SSSR count). The minimum atomic E-state index is -4.73. The molecule has 3 heterocycles. The molecule has 0 aliphatic carbocycles. The number of halogens is 3. The summed E-state index contributed by atoms with van der Waals surface area (Å²) in [6.07, 6.45) is -4.73. The predicted octanol–water partition coefficient (Wildman–Crippen LogP) is 4.79. The second-order valence-corrected chi connectivity index (χ2v) is 8.15. The number of benzene rings is 2. The molecule has 2 aromatic heterocycles. The van der Waals surface area contributed by atoms with Crippen molar-refractivity contribution in [3.8, 4) is 17.0 Å². The molecular weight excluding hydrogens is 445 g/mol. The van der Waals surface area contributed by atoms with Crippen LogP contribution in [0, 0.1) is 0 Å². The van der Waals surface area contributed by atoms with Crippen LogP contribution in [0.25, 0.3) is 16.9 Å². The maximum absolute atomic E-state index is 12.4. The first kappa shape index (κ1) is 22.0. The Morgan fingerprint density at radius 1 is 0.882 bits per heavy atom. The number of nitrogens with one attached hydrogen (secondary N) is 1. The number of fused-ring (bicyclic) bond motifs is 1. The van der Waals surface area contributed by atoms with Gasteiger partial charge in [0, 0.05) is 43.1 Å². The summed E-state index contributed by atoms with van der Waals surface area (Å²) in [4.78, 5) is 9.22. The highest BCUT2D eigenvalue weighted by Crippen LogP contribution is 2.27. The molecule has 176 valence electrons. The third-order valence-corrected chi connectivity index (χ3v) is 5.74. The van der Waals surface area contributed by atoms with E-state index >= 15 is 0 Å². The first-order valence-electron chi connectivity index (χ1n) is 10.9. The average Bonchev–Trinajstić information content (AvgIpc) is 3.22. The lowest BCUT2D eigenvalue weighted by atomic mass is 10.1. The van der Waals surface area contributed by atoms with Crippen LogP contribution in [0.15, 0.2) is 66.7 Å². The van der Waals surface area contributed by atoms with Crippen molar-refractivity contribution in [2.45, 2.75) is 6.36 Å². The molecule has 0 saturated carbocycles. The Kier molecular flexibility index (Phi) is 5.74. The lowest BCUT2D eigenvalue weighted by Gasteiger charge is -2.34. The van der Waals surface area contributed by atoms with Crippen LogP contribution in [0.2, 0.25) is 0 Å². The molecule has 0 atom stereocenters. The molecule has 1 N–H and O–H groups in total. The van der Waals surface area contributed by atoms with Crippen LogP contribution in [-0.4, -0.2) is 59.1 Å². The van der Waals surface area contributed by atoms with Crippen molar-refractivity contribution in [3.63, 3.8) is 0 Å². The van der Waals surface area contributed by atoms with Crippen molar-refractivity contribution in [1.29, 1.82) is 0 Å². The molecule has 1 fully saturated rings. The van der Waals surface area contributed by atoms with E-state index < -0.39 is 6.36 Å². The second-order valence-electron chi connectivity index (χ2n) is 8.15. The van der Waals surface area contributed by atoms with E-state index in [2.05, 4.69) is 49.1 Å². The van der Waals surface area contributed by atoms with Gasteiger partial charge in [-0.3, -0.25) is 0 Å². The van der Waals surface area contributed by atoms with Gasteiger partial charge in [-0.2, -0.15) is 4.98 Å². The minimum Gasteiger partial charge on any atom is -0.406 e. The molecule has 0 radical (unpaired) electrons. The zero-order valence-corrected chi connectivity index (χ0v) is 18.5. The number of alkyl halides is 3. The third-order valence-electron chi connectivity index (χ3n) is 5.74. The van der Waals surface area contributed by atoms with Crippen molar-refractivity contribution in [1.82, 2.24) is 19.5 Å².